The lowest BCUT2D eigenvalue weighted by atomic mass is 10.0. The molecule has 3 aromatic rings. The topological polar surface area (TPSA) is 85.9 Å². The highest BCUT2D eigenvalue weighted by atomic mass is 79.9. The van der Waals surface area contributed by atoms with Crippen molar-refractivity contribution in [3.8, 4) is 5.75 Å². The van der Waals surface area contributed by atoms with Crippen LogP contribution in [-0.2, 0) is 4.57 Å². The number of likely N-dealkylation sites (N-methyl/N-ethyl adjacent to an activating group) is 1. The summed E-state index contributed by atoms with van der Waals surface area (Å²) >= 11 is 9.75. The molecule has 2 fully saturated rings. The van der Waals surface area contributed by atoms with Gasteiger partial charge < -0.3 is 29.7 Å². The number of benzene rings is 2. The number of anilines is 5. The average Bonchev–Trinajstić information content (AvgIpc) is 2.96. The highest BCUT2D eigenvalue weighted by Crippen LogP contribution is 2.40. The highest BCUT2D eigenvalue weighted by molar-refractivity contribution is 9.10. The van der Waals surface area contributed by atoms with Crippen LogP contribution in [0.2, 0.25) is 5.02 Å². The molecule has 0 amide bonds. The number of nitrogens with zero attached hydrogens (tertiary/aromatic N) is 5. The summed E-state index contributed by atoms with van der Waals surface area (Å²) in [6, 6.07) is 10.2. The number of hydrogen-bond donors (Lipinski definition) is 2. The van der Waals surface area contributed by atoms with Gasteiger partial charge in [0.1, 0.15) is 18.7 Å². The Balaban J connectivity index is 1.31. The SMILES string of the molecule is COc1cc(N2CCC(N3CCN(C)CC3)CC2)c(C)cc1Nc1ncc(Br)c(Nc2ccc(Cl)cc2P(C)(C)=O)n1. The molecule has 42 heavy (non-hydrogen) atoms. The van der Waals surface area contributed by atoms with Gasteiger partial charge in [-0.2, -0.15) is 4.98 Å². The summed E-state index contributed by atoms with van der Waals surface area (Å²) in [7, 11) is 1.30. The molecule has 9 nitrogen and oxygen atoms in total. The number of methoxy groups -OCH3 is 1. The smallest absolute Gasteiger partial charge is 0.229 e. The van der Waals surface area contributed by atoms with Crippen molar-refractivity contribution in [2.75, 3.05) is 82.3 Å². The van der Waals surface area contributed by atoms with Crippen LogP contribution in [0.25, 0.3) is 0 Å². The molecule has 12 heteroatoms. The average molecular weight is 677 g/mol. The van der Waals surface area contributed by atoms with E-state index in [2.05, 4.69) is 72.4 Å². The molecule has 2 aromatic carbocycles. The first kappa shape index (κ1) is 31.1. The molecule has 2 aliphatic heterocycles. The van der Waals surface area contributed by atoms with E-state index in [4.69, 9.17) is 21.3 Å². The van der Waals surface area contributed by atoms with Crippen LogP contribution in [0.1, 0.15) is 18.4 Å². The Bertz CT molecular complexity index is 1470. The summed E-state index contributed by atoms with van der Waals surface area (Å²) < 4.78 is 19.4. The normalized spacial score (nSPS) is 17.4. The van der Waals surface area contributed by atoms with Gasteiger partial charge in [0.25, 0.3) is 0 Å². The second kappa shape index (κ2) is 13.1. The van der Waals surface area contributed by atoms with Crippen molar-refractivity contribution in [2.45, 2.75) is 25.8 Å². The van der Waals surface area contributed by atoms with Gasteiger partial charge in [-0.1, -0.05) is 11.6 Å². The van der Waals surface area contributed by atoms with Crippen LogP contribution >= 0.6 is 34.7 Å². The molecule has 3 heterocycles. The van der Waals surface area contributed by atoms with Crippen LogP contribution in [-0.4, -0.2) is 92.6 Å². The maximum Gasteiger partial charge on any atom is 0.229 e. The number of hydrogen-bond acceptors (Lipinski definition) is 9. The molecule has 2 N–H and O–H groups in total. The fourth-order valence-electron chi connectivity index (χ4n) is 5.76. The zero-order valence-electron chi connectivity index (χ0n) is 25.0. The molecule has 2 aliphatic rings. The molecular weight excluding hydrogens is 637 g/mol. The van der Waals surface area contributed by atoms with Crippen molar-refractivity contribution in [3.05, 3.63) is 51.6 Å². The van der Waals surface area contributed by atoms with E-state index in [9.17, 15) is 4.57 Å². The fourth-order valence-corrected chi connectivity index (χ4v) is 7.46. The predicted octanol–water partition coefficient (Wildman–Crippen LogP) is 6.16. The minimum Gasteiger partial charge on any atom is -0.494 e. The van der Waals surface area contributed by atoms with E-state index in [-0.39, 0.29) is 0 Å². The van der Waals surface area contributed by atoms with Crippen LogP contribution in [0.5, 0.6) is 5.75 Å². The first-order valence-corrected chi connectivity index (χ1v) is 18.1. The van der Waals surface area contributed by atoms with E-state index < -0.39 is 7.14 Å². The molecule has 226 valence electrons. The summed E-state index contributed by atoms with van der Waals surface area (Å²) in [5.74, 6) is 1.68. The number of aryl methyl sites for hydroxylation is 1. The van der Waals surface area contributed by atoms with E-state index in [0.717, 1.165) is 37.6 Å². The second-order valence-corrected chi connectivity index (χ2v) is 16.0. The van der Waals surface area contributed by atoms with E-state index >= 15 is 0 Å². The summed E-state index contributed by atoms with van der Waals surface area (Å²) in [5, 5.41) is 7.85. The second-order valence-electron chi connectivity index (χ2n) is 11.5. The number of piperidine rings is 1. The Hall–Kier alpha value is -2.36. The van der Waals surface area contributed by atoms with Gasteiger partial charge in [0.05, 0.1) is 23.0 Å². The number of halogens is 2. The standard InChI is InChI=1S/C30H40BrClN7O2P/c1-20-16-25(27(41-3)18-26(20)39-10-8-22(9-11-39)38-14-12-37(2)13-15-38)35-30-33-19-23(31)29(36-30)34-24-7-6-21(32)17-28(24)42(4,5)40/h6-7,16-19,22H,8-15H2,1-5H3,(H2,33,34,35,36). The first-order valence-electron chi connectivity index (χ1n) is 14.3. The lowest BCUT2D eigenvalue weighted by Gasteiger charge is -2.43. The Morgan fingerprint density at radius 1 is 1.02 bits per heavy atom. The molecule has 5 rings (SSSR count). The molecule has 0 saturated carbocycles. The van der Waals surface area contributed by atoms with Crippen molar-refractivity contribution in [3.63, 3.8) is 0 Å². The van der Waals surface area contributed by atoms with Crippen LogP contribution in [0, 0.1) is 6.92 Å². The summed E-state index contributed by atoms with van der Waals surface area (Å²) in [5.41, 5.74) is 3.84. The molecular formula is C30H40BrClN7O2P. The van der Waals surface area contributed by atoms with E-state index in [1.54, 1.807) is 38.8 Å². The largest absolute Gasteiger partial charge is 0.494 e. The van der Waals surface area contributed by atoms with Crippen LogP contribution in [0.3, 0.4) is 0 Å². The number of aromatic nitrogens is 2. The van der Waals surface area contributed by atoms with Crippen molar-refractivity contribution in [2.24, 2.45) is 0 Å². The lowest BCUT2D eigenvalue weighted by Crippen LogP contribution is -2.52. The zero-order chi connectivity index (χ0) is 30.0. The first-order chi connectivity index (χ1) is 20.0. The fraction of sp³-hybridized carbons (Fsp3) is 0.467. The molecule has 0 aliphatic carbocycles. The van der Waals surface area contributed by atoms with E-state index in [1.807, 2.05) is 6.07 Å². The summed E-state index contributed by atoms with van der Waals surface area (Å²) in [6.45, 7) is 12.3. The van der Waals surface area contributed by atoms with Gasteiger partial charge in [-0.05, 0) is 85.9 Å². The summed E-state index contributed by atoms with van der Waals surface area (Å²) in [4.78, 5) is 16.8. The summed E-state index contributed by atoms with van der Waals surface area (Å²) in [6.07, 6.45) is 4.03. The van der Waals surface area contributed by atoms with Gasteiger partial charge in [-0.25, -0.2) is 4.98 Å². The monoisotopic (exact) mass is 675 g/mol. The van der Waals surface area contributed by atoms with Crippen LogP contribution in [0.15, 0.2) is 41.0 Å². The highest BCUT2D eigenvalue weighted by Gasteiger charge is 2.28. The van der Waals surface area contributed by atoms with Crippen molar-refractivity contribution in [1.29, 1.82) is 0 Å². The third kappa shape index (κ3) is 7.22. The van der Waals surface area contributed by atoms with Crippen LogP contribution in [0.4, 0.5) is 28.8 Å². The maximum absolute atomic E-state index is 12.9. The van der Waals surface area contributed by atoms with Gasteiger partial charge >= 0.3 is 0 Å². The van der Waals surface area contributed by atoms with E-state index in [1.165, 1.54) is 37.2 Å². The van der Waals surface area contributed by atoms with Crippen molar-refractivity contribution in [1.82, 2.24) is 19.8 Å². The van der Waals surface area contributed by atoms with Crippen molar-refractivity contribution >= 4 is 68.8 Å². The molecule has 1 aromatic heterocycles. The number of piperazine rings is 1. The Labute approximate surface area is 262 Å². The third-order valence-electron chi connectivity index (χ3n) is 8.16. The van der Waals surface area contributed by atoms with Crippen LogP contribution < -0.4 is 25.6 Å². The Morgan fingerprint density at radius 2 is 1.74 bits per heavy atom. The minimum absolute atomic E-state index is 0.408. The third-order valence-corrected chi connectivity index (χ3v) is 10.5. The Morgan fingerprint density at radius 3 is 2.40 bits per heavy atom. The van der Waals surface area contributed by atoms with Gasteiger partial charge in [-0.3, -0.25) is 4.90 Å². The maximum atomic E-state index is 12.9. The Kier molecular flexibility index (Phi) is 9.69. The molecule has 0 bridgehead atoms. The zero-order valence-corrected chi connectivity index (χ0v) is 28.2. The number of ether oxygens (including phenoxy) is 1. The molecule has 2 saturated heterocycles. The molecule has 0 atom stereocenters. The van der Waals surface area contributed by atoms with E-state index in [0.29, 0.717) is 38.3 Å². The minimum atomic E-state index is -2.59. The molecule has 0 unspecified atom stereocenters. The number of nitrogens with one attached hydrogen (secondary N) is 2. The predicted molar refractivity (Wildman–Crippen MR) is 179 cm³/mol. The van der Waals surface area contributed by atoms with Gasteiger partial charge in [0.2, 0.25) is 5.95 Å². The van der Waals surface area contributed by atoms with Gasteiger partial charge in [0, 0.05) is 73.6 Å². The number of rotatable bonds is 8. The van der Waals surface area contributed by atoms with Gasteiger partial charge in [-0.15, -0.1) is 0 Å². The van der Waals surface area contributed by atoms with Crippen molar-refractivity contribution < 1.29 is 9.30 Å². The quantitative estimate of drug-likeness (QED) is 0.273. The molecule has 0 radical (unpaired) electrons. The lowest BCUT2D eigenvalue weighted by molar-refractivity contribution is 0.0982. The molecule has 0 spiro atoms. The van der Waals surface area contributed by atoms with Gasteiger partial charge in [0.15, 0.2) is 0 Å².